The highest BCUT2D eigenvalue weighted by Gasteiger charge is 2.06. The molecule has 1 aromatic rings. The van der Waals surface area contributed by atoms with E-state index in [1.807, 2.05) is 0 Å². The van der Waals surface area contributed by atoms with Gasteiger partial charge in [-0.1, -0.05) is 17.7 Å². The van der Waals surface area contributed by atoms with Gasteiger partial charge in [0.2, 0.25) is 0 Å². The fourth-order valence-corrected chi connectivity index (χ4v) is 1.98. The standard InChI is InChI=1S/C14H21ClFN3O/c1-17-14(18-8-4-10-20-2)19-9-7-11-12(15)5-3-6-13(11)16/h3,5-6H,4,7-10H2,1-2H3,(H2,17,18,19). The highest BCUT2D eigenvalue weighted by atomic mass is 35.5. The minimum absolute atomic E-state index is 0.276. The Labute approximate surface area is 124 Å². The zero-order valence-electron chi connectivity index (χ0n) is 11.9. The molecule has 0 bridgehead atoms. The van der Waals surface area contributed by atoms with E-state index in [1.54, 1.807) is 26.3 Å². The Balaban J connectivity index is 2.35. The molecule has 0 aliphatic heterocycles. The molecule has 0 aliphatic carbocycles. The Bertz CT molecular complexity index is 420. The number of methoxy groups -OCH3 is 1. The maximum absolute atomic E-state index is 13.6. The van der Waals surface area contributed by atoms with Crippen LogP contribution in [0.25, 0.3) is 0 Å². The summed E-state index contributed by atoms with van der Waals surface area (Å²) < 4.78 is 18.5. The molecular weight excluding hydrogens is 281 g/mol. The van der Waals surface area contributed by atoms with Crippen molar-refractivity contribution in [3.63, 3.8) is 0 Å². The number of halogens is 2. The van der Waals surface area contributed by atoms with Crippen molar-refractivity contribution in [2.45, 2.75) is 12.8 Å². The number of ether oxygens (including phenoxy) is 1. The van der Waals surface area contributed by atoms with Crippen molar-refractivity contribution in [1.29, 1.82) is 0 Å². The van der Waals surface area contributed by atoms with Gasteiger partial charge in [-0.15, -0.1) is 0 Å². The lowest BCUT2D eigenvalue weighted by Gasteiger charge is -2.12. The maximum atomic E-state index is 13.6. The van der Waals surface area contributed by atoms with Gasteiger partial charge in [0.05, 0.1) is 0 Å². The first-order valence-corrected chi connectivity index (χ1v) is 6.93. The Morgan fingerprint density at radius 2 is 2.10 bits per heavy atom. The van der Waals surface area contributed by atoms with E-state index < -0.39 is 0 Å². The second-order valence-corrected chi connectivity index (χ2v) is 4.63. The van der Waals surface area contributed by atoms with Crippen LogP contribution in [0.4, 0.5) is 4.39 Å². The third-order valence-corrected chi connectivity index (χ3v) is 3.12. The third-order valence-electron chi connectivity index (χ3n) is 2.77. The van der Waals surface area contributed by atoms with Gasteiger partial charge in [-0.2, -0.15) is 0 Å². The maximum Gasteiger partial charge on any atom is 0.190 e. The first-order chi connectivity index (χ1) is 9.69. The molecule has 0 amide bonds. The Hall–Kier alpha value is -1.33. The van der Waals surface area contributed by atoms with Crippen LogP contribution in [-0.2, 0) is 11.2 Å². The summed E-state index contributed by atoms with van der Waals surface area (Å²) in [5.41, 5.74) is 0.525. The van der Waals surface area contributed by atoms with Crippen LogP contribution < -0.4 is 10.6 Å². The van der Waals surface area contributed by atoms with Crippen molar-refractivity contribution < 1.29 is 9.13 Å². The molecule has 0 aliphatic rings. The molecule has 0 saturated carbocycles. The Morgan fingerprint density at radius 1 is 1.35 bits per heavy atom. The Kier molecular flexibility index (Phi) is 7.99. The fraction of sp³-hybridized carbons (Fsp3) is 0.500. The molecule has 0 radical (unpaired) electrons. The van der Waals surface area contributed by atoms with Gasteiger partial charge < -0.3 is 15.4 Å². The average molecular weight is 302 g/mol. The predicted octanol–water partition coefficient (Wildman–Crippen LogP) is 2.22. The number of hydrogen-bond donors (Lipinski definition) is 2. The lowest BCUT2D eigenvalue weighted by Crippen LogP contribution is -2.39. The van der Waals surface area contributed by atoms with Crippen molar-refractivity contribution >= 4 is 17.6 Å². The molecule has 2 N–H and O–H groups in total. The number of nitrogens with one attached hydrogen (secondary N) is 2. The van der Waals surface area contributed by atoms with Gasteiger partial charge in [0.15, 0.2) is 5.96 Å². The summed E-state index contributed by atoms with van der Waals surface area (Å²) in [6.07, 6.45) is 1.40. The second-order valence-electron chi connectivity index (χ2n) is 4.22. The van der Waals surface area contributed by atoms with E-state index in [-0.39, 0.29) is 5.82 Å². The smallest absolute Gasteiger partial charge is 0.190 e. The fourth-order valence-electron chi connectivity index (χ4n) is 1.72. The van der Waals surface area contributed by atoms with Gasteiger partial charge >= 0.3 is 0 Å². The molecule has 1 rings (SSSR count). The highest BCUT2D eigenvalue weighted by molar-refractivity contribution is 6.31. The lowest BCUT2D eigenvalue weighted by atomic mass is 10.1. The summed E-state index contributed by atoms with van der Waals surface area (Å²) in [5, 5.41) is 6.73. The van der Waals surface area contributed by atoms with E-state index >= 15 is 0 Å². The van der Waals surface area contributed by atoms with Gasteiger partial charge in [-0.3, -0.25) is 4.99 Å². The number of rotatable bonds is 7. The van der Waals surface area contributed by atoms with Crippen molar-refractivity contribution in [2.75, 3.05) is 33.9 Å². The summed E-state index contributed by atoms with van der Waals surface area (Å²) in [5.74, 6) is 0.413. The molecule has 0 heterocycles. The topological polar surface area (TPSA) is 45.7 Å². The van der Waals surface area contributed by atoms with E-state index in [1.165, 1.54) is 6.07 Å². The van der Waals surface area contributed by atoms with Crippen LogP contribution in [-0.4, -0.2) is 39.8 Å². The van der Waals surface area contributed by atoms with Crippen LogP contribution in [0.1, 0.15) is 12.0 Å². The number of guanidine groups is 1. The summed E-state index contributed by atoms with van der Waals surface area (Å²) in [6.45, 7) is 2.04. The molecule has 0 fully saturated rings. The third kappa shape index (κ3) is 5.75. The van der Waals surface area contributed by atoms with Gasteiger partial charge in [-0.05, 0) is 25.0 Å². The first-order valence-electron chi connectivity index (χ1n) is 6.55. The zero-order chi connectivity index (χ0) is 14.8. The number of aliphatic imine (C=N–C) groups is 1. The lowest BCUT2D eigenvalue weighted by molar-refractivity contribution is 0.195. The van der Waals surface area contributed by atoms with Crippen LogP contribution >= 0.6 is 11.6 Å². The molecule has 0 aromatic heterocycles. The molecule has 6 heteroatoms. The number of hydrogen-bond acceptors (Lipinski definition) is 2. The summed E-state index contributed by atoms with van der Waals surface area (Å²) >= 11 is 5.97. The van der Waals surface area contributed by atoms with Gasteiger partial charge in [0, 0.05) is 44.4 Å². The molecule has 0 unspecified atom stereocenters. The molecule has 112 valence electrons. The molecule has 0 saturated heterocycles. The molecule has 20 heavy (non-hydrogen) atoms. The van der Waals surface area contributed by atoms with Crippen LogP contribution in [0.5, 0.6) is 0 Å². The Morgan fingerprint density at radius 3 is 2.75 bits per heavy atom. The SMILES string of the molecule is CN=C(NCCCOC)NCCc1c(F)cccc1Cl. The van der Waals surface area contributed by atoms with Gasteiger partial charge in [0.25, 0.3) is 0 Å². The van der Waals surface area contributed by atoms with E-state index in [9.17, 15) is 4.39 Å². The second kappa shape index (κ2) is 9.55. The summed E-state index contributed by atoms with van der Waals surface area (Å²) in [4.78, 5) is 4.09. The van der Waals surface area contributed by atoms with E-state index in [2.05, 4.69) is 15.6 Å². The van der Waals surface area contributed by atoms with Gasteiger partial charge in [-0.25, -0.2) is 4.39 Å². The van der Waals surface area contributed by atoms with Crippen molar-refractivity contribution in [3.8, 4) is 0 Å². The van der Waals surface area contributed by atoms with Crippen LogP contribution in [0.3, 0.4) is 0 Å². The molecule has 4 nitrogen and oxygen atoms in total. The van der Waals surface area contributed by atoms with E-state index in [0.717, 1.165) is 13.0 Å². The minimum atomic E-state index is -0.276. The quantitative estimate of drug-likeness (QED) is 0.461. The summed E-state index contributed by atoms with van der Waals surface area (Å²) in [7, 11) is 3.37. The first kappa shape index (κ1) is 16.7. The van der Waals surface area contributed by atoms with E-state index in [0.29, 0.717) is 36.1 Å². The number of nitrogens with zero attached hydrogens (tertiary/aromatic N) is 1. The van der Waals surface area contributed by atoms with E-state index in [4.69, 9.17) is 16.3 Å². The minimum Gasteiger partial charge on any atom is -0.385 e. The van der Waals surface area contributed by atoms with Gasteiger partial charge in [0.1, 0.15) is 5.82 Å². The monoisotopic (exact) mass is 301 g/mol. The number of benzene rings is 1. The molecule has 0 atom stereocenters. The van der Waals surface area contributed by atoms with Crippen molar-refractivity contribution in [2.24, 2.45) is 4.99 Å². The van der Waals surface area contributed by atoms with Crippen LogP contribution in [0, 0.1) is 5.82 Å². The highest BCUT2D eigenvalue weighted by Crippen LogP contribution is 2.18. The van der Waals surface area contributed by atoms with Crippen molar-refractivity contribution in [1.82, 2.24) is 10.6 Å². The largest absolute Gasteiger partial charge is 0.385 e. The molecule has 0 spiro atoms. The van der Waals surface area contributed by atoms with Crippen LogP contribution in [0.2, 0.25) is 5.02 Å². The predicted molar refractivity (Wildman–Crippen MR) is 81.0 cm³/mol. The van der Waals surface area contributed by atoms with Crippen molar-refractivity contribution in [3.05, 3.63) is 34.6 Å². The average Bonchev–Trinajstić information content (AvgIpc) is 2.44. The normalized spacial score (nSPS) is 11.5. The zero-order valence-corrected chi connectivity index (χ0v) is 12.6. The molecular formula is C14H21ClFN3O. The summed E-state index contributed by atoms with van der Waals surface area (Å²) in [6, 6.07) is 4.71. The molecule has 1 aromatic carbocycles. The van der Waals surface area contributed by atoms with Crippen LogP contribution in [0.15, 0.2) is 23.2 Å².